The van der Waals surface area contributed by atoms with Crippen LogP contribution in [-0.2, 0) is 4.79 Å². The first-order valence-corrected chi connectivity index (χ1v) is 7.47. The third-order valence-corrected chi connectivity index (χ3v) is 4.04. The SMILES string of the molecule is CC(N)C(C)C(=O)N1CCN(CCC(C)(C)C)CC1.Cl.Cl. The lowest BCUT2D eigenvalue weighted by atomic mass is 9.92. The number of piperazine rings is 1. The molecule has 2 unspecified atom stereocenters. The van der Waals surface area contributed by atoms with Crippen LogP contribution in [0.5, 0.6) is 0 Å². The molecule has 1 aliphatic rings. The van der Waals surface area contributed by atoms with Gasteiger partial charge < -0.3 is 10.6 Å². The first-order chi connectivity index (χ1) is 8.70. The van der Waals surface area contributed by atoms with Crippen molar-refractivity contribution in [2.24, 2.45) is 17.1 Å². The molecule has 21 heavy (non-hydrogen) atoms. The van der Waals surface area contributed by atoms with Crippen molar-refractivity contribution in [3.63, 3.8) is 0 Å². The monoisotopic (exact) mass is 341 g/mol. The molecule has 0 radical (unpaired) electrons. The van der Waals surface area contributed by atoms with Crippen LogP contribution in [0.1, 0.15) is 41.0 Å². The Morgan fingerprint density at radius 2 is 1.57 bits per heavy atom. The smallest absolute Gasteiger partial charge is 0.227 e. The fourth-order valence-electron chi connectivity index (χ4n) is 2.20. The van der Waals surface area contributed by atoms with Gasteiger partial charge in [0.1, 0.15) is 0 Å². The fourth-order valence-corrected chi connectivity index (χ4v) is 2.20. The normalized spacial score (nSPS) is 19.2. The molecule has 1 fully saturated rings. The van der Waals surface area contributed by atoms with Gasteiger partial charge in [0.25, 0.3) is 0 Å². The Morgan fingerprint density at radius 3 is 1.95 bits per heavy atom. The second-order valence-corrected chi connectivity index (χ2v) is 7.13. The Morgan fingerprint density at radius 1 is 1.10 bits per heavy atom. The number of halogens is 2. The third kappa shape index (κ3) is 8.24. The van der Waals surface area contributed by atoms with E-state index in [-0.39, 0.29) is 42.7 Å². The average Bonchev–Trinajstić information content (AvgIpc) is 2.34. The van der Waals surface area contributed by atoms with Crippen molar-refractivity contribution in [2.75, 3.05) is 32.7 Å². The Hall–Kier alpha value is -0.0300. The highest BCUT2D eigenvalue weighted by Gasteiger charge is 2.26. The van der Waals surface area contributed by atoms with Crippen molar-refractivity contribution in [1.82, 2.24) is 9.80 Å². The van der Waals surface area contributed by atoms with Gasteiger partial charge in [-0.3, -0.25) is 9.69 Å². The molecule has 0 aliphatic carbocycles. The molecule has 6 heteroatoms. The lowest BCUT2D eigenvalue weighted by Crippen LogP contribution is -2.52. The van der Waals surface area contributed by atoms with Crippen LogP contribution in [0.15, 0.2) is 0 Å². The minimum atomic E-state index is -0.0684. The molecule has 0 aromatic heterocycles. The fraction of sp³-hybridized carbons (Fsp3) is 0.933. The molecule has 0 spiro atoms. The molecule has 0 aromatic rings. The van der Waals surface area contributed by atoms with Gasteiger partial charge in [-0.2, -0.15) is 0 Å². The number of nitrogens with two attached hydrogens (primary N) is 1. The van der Waals surface area contributed by atoms with Gasteiger partial charge in [-0.1, -0.05) is 27.7 Å². The number of nitrogens with zero attached hydrogens (tertiary/aromatic N) is 2. The van der Waals surface area contributed by atoms with Crippen molar-refractivity contribution < 1.29 is 4.79 Å². The van der Waals surface area contributed by atoms with Crippen molar-refractivity contribution >= 4 is 30.7 Å². The summed E-state index contributed by atoms with van der Waals surface area (Å²) in [5, 5.41) is 0. The zero-order chi connectivity index (χ0) is 14.6. The largest absolute Gasteiger partial charge is 0.340 e. The molecule has 128 valence electrons. The van der Waals surface area contributed by atoms with Gasteiger partial charge in [0.15, 0.2) is 0 Å². The topological polar surface area (TPSA) is 49.6 Å². The molecule has 0 bridgehead atoms. The zero-order valence-corrected chi connectivity index (χ0v) is 15.7. The highest BCUT2D eigenvalue weighted by molar-refractivity contribution is 5.85. The van der Waals surface area contributed by atoms with E-state index in [1.807, 2.05) is 18.7 Å². The molecule has 1 amide bonds. The molecule has 4 nitrogen and oxygen atoms in total. The van der Waals surface area contributed by atoms with Gasteiger partial charge in [-0.15, -0.1) is 24.8 Å². The molecule has 0 saturated carbocycles. The minimum Gasteiger partial charge on any atom is -0.340 e. The molecule has 1 aliphatic heterocycles. The summed E-state index contributed by atoms with van der Waals surface area (Å²) in [7, 11) is 0. The average molecular weight is 342 g/mol. The van der Waals surface area contributed by atoms with Crippen LogP contribution in [0.4, 0.5) is 0 Å². The van der Waals surface area contributed by atoms with Crippen molar-refractivity contribution in [3.05, 3.63) is 0 Å². The maximum Gasteiger partial charge on any atom is 0.227 e. The minimum absolute atomic E-state index is 0. The van der Waals surface area contributed by atoms with E-state index in [9.17, 15) is 4.79 Å². The van der Waals surface area contributed by atoms with Crippen LogP contribution in [0.25, 0.3) is 0 Å². The summed E-state index contributed by atoms with van der Waals surface area (Å²) in [4.78, 5) is 16.6. The number of rotatable bonds is 4. The molecule has 2 N–H and O–H groups in total. The number of hydrogen-bond acceptors (Lipinski definition) is 3. The summed E-state index contributed by atoms with van der Waals surface area (Å²) in [5.74, 6) is 0.145. The maximum absolute atomic E-state index is 12.2. The molecule has 1 rings (SSSR count). The van der Waals surface area contributed by atoms with Gasteiger partial charge in [-0.05, 0) is 25.3 Å². The van der Waals surface area contributed by atoms with E-state index >= 15 is 0 Å². The molecule has 2 atom stereocenters. The summed E-state index contributed by atoms with van der Waals surface area (Å²) >= 11 is 0. The van der Waals surface area contributed by atoms with E-state index in [0.717, 1.165) is 32.7 Å². The van der Waals surface area contributed by atoms with E-state index in [2.05, 4.69) is 25.7 Å². The lowest BCUT2D eigenvalue weighted by molar-refractivity contribution is -0.137. The van der Waals surface area contributed by atoms with Gasteiger partial charge >= 0.3 is 0 Å². The summed E-state index contributed by atoms with van der Waals surface area (Å²) in [6.07, 6.45) is 1.21. The number of carbonyl (C=O) groups excluding carboxylic acids is 1. The second kappa shape index (κ2) is 9.88. The van der Waals surface area contributed by atoms with Crippen LogP contribution < -0.4 is 5.73 Å². The lowest BCUT2D eigenvalue weighted by Gasteiger charge is -2.37. The number of amides is 1. The van der Waals surface area contributed by atoms with Crippen LogP contribution in [-0.4, -0.2) is 54.5 Å². The van der Waals surface area contributed by atoms with Gasteiger partial charge in [0, 0.05) is 32.2 Å². The van der Waals surface area contributed by atoms with Crippen molar-refractivity contribution in [2.45, 2.75) is 47.1 Å². The Kier molecular flexibility index (Phi) is 10.9. The first kappa shape index (κ1) is 23.2. The summed E-state index contributed by atoms with van der Waals surface area (Å²) < 4.78 is 0. The van der Waals surface area contributed by atoms with Crippen LogP contribution in [0.3, 0.4) is 0 Å². The first-order valence-electron chi connectivity index (χ1n) is 7.47. The van der Waals surface area contributed by atoms with Crippen molar-refractivity contribution in [1.29, 1.82) is 0 Å². The number of hydrogen-bond donors (Lipinski definition) is 1. The quantitative estimate of drug-likeness (QED) is 0.853. The summed E-state index contributed by atoms with van der Waals surface area (Å²) in [6.45, 7) is 15.5. The van der Waals surface area contributed by atoms with Crippen molar-refractivity contribution in [3.8, 4) is 0 Å². The Balaban J connectivity index is 0. The van der Waals surface area contributed by atoms with E-state index in [1.54, 1.807) is 0 Å². The summed E-state index contributed by atoms with van der Waals surface area (Å²) in [6, 6.07) is -0.0635. The molecular formula is C15H33Cl2N3O. The molecular weight excluding hydrogens is 309 g/mol. The Bertz CT molecular complexity index is 298. The predicted molar refractivity (Wildman–Crippen MR) is 94.4 cm³/mol. The van der Waals surface area contributed by atoms with Gasteiger partial charge in [0.2, 0.25) is 5.91 Å². The number of carbonyl (C=O) groups is 1. The van der Waals surface area contributed by atoms with Crippen LogP contribution >= 0.6 is 24.8 Å². The van der Waals surface area contributed by atoms with E-state index in [0.29, 0.717) is 5.41 Å². The van der Waals surface area contributed by atoms with E-state index in [4.69, 9.17) is 5.73 Å². The Labute approximate surface area is 142 Å². The molecule has 1 heterocycles. The van der Waals surface area contributed by atoms with E-state index < -0.39 is 0 Å². The second-order valence-electron chi connectivity index (χ2n) is 7.13. The van der Waals surface area contributed by atoms with Crippen LogP contribution in [0.2, 0.25) is 0 Å². The highest BCUT2D eigenvalue weighted by atomic mass is 35.5. The van der Waals surface area contributed by atoms with Gasteiger partial charge in [-0.25, -0.2) is 0 Å². The predicted octanol–water partition coefficient (Wildman–Crippen LogP) is 2.39. The molecule has 1 saturated heterocycles. The zero-order valence-electron chi connectivity index (χ0n) is 14.1. The van der Waals surface area contributed by atoms with Gasteiger partial charge in [0.05, 0.1) is 5.92 Å². The van der Waals surface area contributed by atoms with Crippen LogP contribution in [0, 0.1) is 11.3 Å². The standard InChI is InChI=1S/C15H31N3O.2ClH/c1-12(13(2)16)14(19)18-10-8-17(9-11-18)7-6-15(3,4)5;;/h12-13H,6-11,16H2,1-5H3;2*1H. The highest BCUT2D eigenvalue weighted by Crippen LogP contribution is 2.19. The maximum atomic E-state index is 12.2. The summed E-state index contributed by atoms with van der Waals surface area (Å²) in [5.41, 5.74) is 6.19. The third-order valence-electron chi connectivity index (χ3n) is 4.04. The van der Waals surface area contributed by atoms with E-state index in [1.165, 1.54) is 6.42 Å². The molecule has 0 aromatic carbocycles.